The van der Waals surface area contributed by atoms with Crippen LogP contribution < -0.4 is 20.6 Å². The first-order chi connectivity index (χ1) is 18.8. The summed E-state index contributed by atoms with van der Waals surface area (Å²) < 4.78 is 11.0. The monoisotopic (exact) mass is 540 g/mol. The summed E-state index contributed by atoms with van der Waals surface area (Å²) in [6, 6.07) is 22.1. The second kappa shape index (κ2) is 11.6. The number of fused-ring (bicyclic) bond motifs is 1. The summed E-state index contributed by atoms with van der Waals surface area (Å²) in [6.45, 7) is 11.1. The van der Waals surface area contributed by atoms with Gasteiger partial charge in [0.25, 0.3) is 0 Å². The average molecular weight is 541 g/mol. The number of ether oxygens (including phenoxy) is 2. The Kier molecular flexibility index (Phi) is 7.97. The molecule has 4 aromatic rings. The number of benzene rings is 3. The molecule has 2 heterocycles. The van der Waals surface area contributed by atoms with Crippen molar-refractivity contribution in [3.05, 3.63) is 78.6 Å². The molecular weight excluding hydrogens is 504 g/mol. The van der Waals surface area contributed by atoms with Gasteiger partial charge < -0.3 is 20.1 Å². The number of anilines is 2. The van der Waals surface area contributed by atoms with E-state index in [1.54, 1.807) is 7.11 Å². The van der Waals surface area contributed by atoms with Gasteiger partial charge in [0.05, 0.1) is 45.5 Å². The minimum absolute atomic E-state index is 0.312. The zero-order chi connectivity index (χ0) is 27.4. The third kappa shape index (κ3) is 6.30. The largest absolute Gasteiger partial charge is 0.495 e. The highest BCUT2D eigenvalue weighted by atomic mass is 28.3. The van der Waals surface area contributed by atoms with E-state index >= 15 is 0 Å². The smallest absolute Gasteiger partial charge is 0.323 e. The molecule has 5 rings (SSSR count). The molecule has 0 unspecified atom stereocenters. The van der Waals surface area contributed by atoms with Crippen LogP contribution in [0.5, 0.6) is 5.75 Å². The summed E-state index contributed by atoms with van der Waals surface area (Å²) in [5.41, 5.74) is 4.57. The highest BCUT2D eigenvalue weighted by molar-refractivity contribution is 6.88. The molecule has 7 nitrogen and oxygen atoms in total. The Morgan fingerprint density at radius 3 is 2.38 bits per heavy atom. The van der Waals surface area contributed by atoms with Gasteiger partial charge in [-0.2, -0.15) is 0 Å². The molecule has 1 aromatic heterocycles. The van der Waals surface area contributed by atoms with E-state index in [9.17, 15) is 4.79 Å². The lowest BCUT2D eigenvalue weighted by atomic mass is 9.98. The maximum atomic E-state index is 13.1. The van der Waals surface area contributed by atoms with E-state index in [2.05, 4.69) is 59.4 Å². The highest BCUT2D eigenvalue weighted by Crippen LogP contribution is 2.33. The van der Waals surface area contributed by atoms with Crippen LogP contribution in [0.25, 0.3) is 21.9 Å². The molecule has 0 radical (unpaired) electrons. The Morgan fingerprint density at radius 1 is 0.949 bits per heavy atom. The first-order valence-electron chi connectivity index (χ1n) is 13.4. The molecule has 3 aromatic carbocycles. The molecular formula is C31H36N4O3Si. The zero-order valence-corrected chi connectivity index (χ0v) is 24.1. The van der Waals surface area contributed by atoms with Crippen molar-refractivity contribution in [2.45, 2.75) is 26.2 Å². The molecule has 202 valence electrons. The van der Waals surface area contributed by atoms with Crippen LogP contribution in [0.4, 0.5) is 16.2 Å². The number of hydrogen-bond acceptors (Lipinski definition) is 5. The van der Waals surface area contributed by atoms with Crippen molar-refractivity contribution in [1.82, 2.24) is 9.88 Å². The molecule has 0 aliphatic carbocycles. The number of hydrogen-bond donors (Lipinski definition) is 2. The predicted molar refractivity (Wildman–Crippen MR) is 162 cm³/mol. The molecule has 0 saturated carbocycles. The fraction of sp³-hybridized carbons (Fsp3) is 0.290. The van der Waals surface area contributed by atoms with Gasteiger partial charge in [-0.05, 0) is 35.2 Å². The SMILES string of the molecule is COc1ccc([Si](C)(C)C)cc1NC(=O)Nc1ccc(-c2ccc(CN3CCOCC3)nc2)c2ccccc12. The number of aromatic nitrogens is 1. The molecule has 39 heavy (non-hydrogen) atoms. The maximum absolute atomic E-state index is 13.1. The summed E-state index contributed by atoms with van der Waals surface area (Å²) in [5.74, 6) is 0.636. The number of nitrogens with zero attached hydrogens (tertiary/aromatic N) is 2. The Bertz CT molecular complexity index is 1460. The van der Waals surface area contributed by atoms with Crippen LogP contribution in [-0.4, -0.2) is 57.4 Å². The van der Waals surface area contributed by atoms with E-state index in [0.29, 0.717) is 11.4 Å². The van der Waals surface area contributed by atoms with Gasteiger partial charge in [0.15, 0.2) is 0 Å². The molecule has 0 atom stereocenters. The normalized spacial score (nSPS) is 14.3. The van der Waals surface area contributed by atoms with E-state index in [-0.39, 0.29) is 6.03 Å². The van der Waals surface area contributed by atoms with Gasteiger partial charge in [-0.25, -0.2) is 4.79 Å². The summed E-state index contributed by atoms with van der Waals surface area (Å²) in [4.78, 5) is 20.2. The van der Waals surface area contributed by atoms with E-state index in [4.69, 9.17) is 14.5 Å². The van der Waals surface area contributed by atoms with Crippen LogP contribution in [-0.2, 0) is 11.3 Å². The van der Waals surface area contributed by atoms with Crippen molar-refractivity contribution < 1.29 is 14.3 Å². The van der Waals surface area contributed by atoms with Crippen LogP contribution >= 0.6 is 0 Å². The average Bonchev–Trinajstić information content (AvgIpc) is 2.94. The van der Waals surface area contributed by atoms with E-state index in [1.807, 2.05) is 48.7 Å². The zero-order valence-electron chi connectivity index (χ0n) is 23.1. The number of carbonyl (C=O) groups is 1. The Hall–Kier alpha value is -3.72. The molecule has 1 aliphatic heterocycles. The summed E-state index contributed by atoms with van der Waals surface area (Å²) in [6.07, 6.45) is 1.94. The van der Waals surface area contributed by atoms with E-state index in [0.717, 1.165) is 66.1 Å². The summed E-state index contributed by atoms with van der Waals surface area (Å²) >= 11 is 0. The van der Waals surface area contributed by atoms with Crippen molar-refractivity contribution in [3.8, 4) is 16.9 Å². The molecule has 1 saturated heterocycles. The second-order valence-corrected chi connectivity index (χ2v) is 16.0. The van der Waals surface area contributed by atoms with Crippen LogP contribution in [0.3, 0.4) is 0 Å². The number of rotatable bonds is 7. The van der Waals surface area contributed by atoms with Crippen molar-refractivity contribution in [3.63, 3.8) is 0 Å². The van der Waals surface area contributed by atoms with Crippen molar-refractivity contribution in [2.75, 3.05) is 44.0 Å². The second-order valence-electron chi connectivity index (χ2n) is 10.9. The van der Waals surface area contributed by atoms with E-state index in [1.165, 1.54) is 5.19 Å². The predicted octanol–water partition coefficient (Wildman–Crippen LogP) is 5.93. The number of morpholine rings is 1. The number of carbonyl (C=O) groups excluding carboxylic acids is 1. The lowest BCUT2D eigenvalue weighted by molar-refractivity contribution is 0.0336. The number of pyridine rings is 1. The topological polar surface area (TPSA) is 75.7 Å². The molecule has 8 heteroatoms. The lowest BCUT2D eigenvalue weighted by Gasteiger charge is -2.26. The minimum Gasteiger partial charge on any atom is -0.495 e. The number of nitrogens with one attached hydrogen (secondary N) is 2. The Balaban J connectivity index is 1.36. The minimum atomic E-state index is -1.56. The fourth-order valence-electron chi connectivity index (χ4n) is 4.87. The van der Waals surface area contributed by atoms with Gasteiger partial charge >= 0.3 is 6.03 Å². The van der Waals surface area contributed by atoms with Crippen molar-refractivity contribution >= 4 is 41.4 Å². The summed E-state index contributed by atoms with van der Waals surface area (Å²) in [7, 11) is 0.0586. The Labute approximate surface area is 231 Å². The standard InChI is InChI=1S/C31H36N4O3Si/c1-37-30-14-11-24(39(2,3)4)19-29(30)34-31(36)33-28-13-12-25(26-7-5-6-8-27(26)28)22-9-10-23(32-20-22)21-35-15-17-38-18-16-35/h5-14,19-20H,15-18,21H2,1-4H3,(H2,33,34,36). The first-order valence-corrected chi connectivity index (χ1v) is 16.9. The number of amides is 2. The molecule has 0 spiro atoms. The molecule has 0 bridgehead atoms. The van der Waals surface area contributed by atoms with Gasteiger partial charge in [-0.15, -0.1) is 0 Å². The quantitative estimate of drug-likeness (QED) is 0.284. The van der Waals surface area contributed by atoms with Crippen LogP contribution in [0.2, 0.25) is 19.6 Å². The third-order valence-corrected chi connectivity index (χ3v) is 9.15. The molecule has 2 amide bonds. The van der Waals surface area contributed by atoms with Gasteiger partial charge in [0, 0.05) is 36.8 Å². The molecule has 2 N–H and O–H groups in total. The highest BCUT2D eigenvalue weighted by Gasteiger charge is 2.19. The van der Waals surface area contributed by atoms with Gasteiger partial charge in [-0.3, -0.25) is 9.88 Å². The van der Waals surface area contributed by atoms with Crippen molar-refractivity contribution in [1.29, 1.82) is 0 Å². The Morgan fingerprint density at radius 2 is 1.69 bits per heavy atom. The van der Waals surface area contributed by atoms with Gasteiger partial charge in [-0.1, -0.05) is 67.3 Å². The molecule has 1 aliphatic rings. The van der Waals surface area contributed by atoms with Crippen LogP contribution in [0, 0.1) is 0 Å². The van der Waals surface area contributed by atoms with E-state index < -0.39 is 8.07 Å². The third-order valence-electron chi connectivity index (χ3n) is 7.11. The van der Waals surface area contributed by atoms with Gasteiger partial charge in [0.1, 0.15) is 5.75 Å². The first kappa shape index (κ1) is 26.9. The molecule has 1 fully saturated rings. The van der Waals surface area contributed by atoms with Crippen molar-refractivity contribution in [2.24, 2.45) is 0 Å². The van der Waals surface area contributed by atoms with Crippen LogP contribution in [0.15, 0.2) is 72.9 Å². The number of urea groups is 1. The summed E-state index contributed by atoms with van der Waals surface area (Å²) in [5, 5.41) is 9.31. The van der Waals surface area contributed by atoms with Gasteiger partial charge in [0.2, 0.25) is 0 Å². The number of methoxy groups -OCH3 is 1. The fourth-order valence-corrected chi connectivity index (χ4v) is 6.03. The van der Waals surface area contributed by atoms with Crippen LogP contribution in [0.1, 0.15) is 5.69 Å². The maximum Gasteiger partial charge on any atom is 0.323 e. The lowest BCUT2D eigenvalue weighted by Crippen LogP contribution is -2.37.